The molecular weight excluding hydrogens is 208 g/mol. The van der Waals surface area contributed by atoms with E-state index in [1.165, 1.54) is 24.3 Å². The molecule has 0 aromatic heterocycles. The molecule has 0 aliphatic heterocycles. The van der Waals surface area contributed by atoms with Crippen molar-refractivity contribution in [3.63, 3.8) is 0 Å². The predicted molar refractivity (Wildman–Crippen MR) is 54.5 cm³/mol. The van der Waals surface area contributed by atoms with Crippen molar-refractivity contribution < 1.29 is 19.2 Å². The van der Waals surface area contributed by atoms with Gasteiger partial charge in [0, 0.05) is 11.1 Å². The molecule has 0 amide bonds. The van der Waals surface area contributed by atoms with Crippen molar-refractivity contribution in [3.8, 4) is 0 Å². The van der Waals surface area contributed by atoms with Crippen LogP contribution in [0.25, 0.3) is 11.1 Å². The fourth-order valence-corrected chi connectivity index (χ4v) is 1.08. The third kappa shape index (κ3) is 2.65. The van der Waals surface area contributed by atoms with Gasteiger partial charge in [-0.1, -0.05) is 18.2 Å². The summed E-state index contributed by atoms with van der Waals surface area (Å²) in [6.07, 6.45) is 1.45. The fourth-order valence-electron chi connectivity index (χ4n) is 1.08. The van der Waals surface area contributed by atoms with Crippen LogP contribution in [-0.2, 0) is 0 Å². The van der Waals surface area contributed by atoms with E-state index in [-0.39, 0.29) is 11.1 Å². The topological polar surface area (TPSA) is 107 Å². The van der Waals surface area contributed by atoms with Gasteiger partial charge in [-0.3, -0.25) is 9.59 Å². The Morgan fingerprint density at radius 3 is 1.81 bits per heavy atom. The van der Waals surface area contributed by atoms with Gasteiger partial charge in [-0.05, 0) is 6.07 Å². The van der Waals surface area contributed by atoms with Crippen molar-refractivity contribution in [1.29, 1.82) is 0 Å². The highest BCUT2D eigenvalue weighted by atomic mass is 16.1. The molecular formula is C10H6N4O2. The van der Waals surface area contributed by atoms with Crippen LogP contribution in [0.4, 0.5) is 0 Å². The first-order chi connectivity index (χ1) is 7.69. The smallest absolute Gasteiger partial charge is 0.328 e. The second-order valence-corrected chi connectivity index (χ2v) is 2.80. The summed E-state index contributed by atoms with van der Waals surface area (Å²) in [5.41, 5.74) is 16.8. The van der Waals surface area contributed by atoms with Gasteiger partial charge < -0.3 is 11.1 Å². The maximum Gasteiger partial charge on any atom is 0.328 e. The minimum atomic E-state index is -0.530. The van der Waals surface area contributed by atoms with E-state index in [0.717, 1.165) is 12.4 Å². The van der Waals surface area contributed by atoms with Gasteiger partial charge in [-0.25, -0.2) is 0 Å². The number of hydrogen-bond acceptors (Lipinski definition) is 2. The van der Waals surface area contributed by atoms with Gasteiger partial charge in [0.05, 0.1) is 0 Å². The Morgan fingerprint density at radius 1 is 1.00 bits per heavy atom. The number of hydrogen-bond donors (Lipinski definition) is 0. The first-order valence-corrected chi connectivity index (χ1v) is 4.22. The molecule has 6 nitrogen and oxygen atoms in total. The molecule has 0 aliphatic carbocycles. The first-order valence-electron chi connectivity index (χ1n) is 4.22. The largest absolute Gasteiger partial charge is 0.361 e. The van der Waals surface area contributed by atoms with E-state index in [1.54, 1.807) is 0 Å². The zero-order valence-corrected chi connectivity index (χ0v) is 8.07. The lowest BCUT2D eigenvalue weighted by Crippen LogP contribution is -2.05. The molecule has 6 heteroatoms. The normalized spacial score (nSPS) is 8.50. The SMILES string of the molecule is [N-]=[N+]=CC(=O)c1cccc(C(=O)C=[N+]=[N-])c1. The molecule has 1 aromatic rings. The maximum atomic E-state index is 11.3. The fraction of sp³-hybridized carbons (Fsp3) is 0. The molecule has 0 aliphatic rings. The number of Topliss-reactive ketones (excluding diaryl/α,β-unsaturated/α-hetero) is 2. The van der Waals surface area contributed by atoms with Gasteiger partial charge in [-0.2, -0.15) is 9.58 Å². The minimum absolute atomic E-state index is 0.204. The van der Waals surface area contributed by atoms with Crippen LogP contribution in [0, 0.1) is 0 Å². The Bertz CT molecular complexity index is 492. The van der Waals surface area contributed by atoms with E-state index in [9.17, 15) is 9.59 Å². The number of ketones is 2. The van der Waals surface area contributed by atoms with Crippen LogP contribution >= 0.6 is 0 Å². The summed E-state index contributed by atoms with van der Waals surface area (Å²) < 4.78 is 0. The second-order valence-electron chi connectivity index (χ2n) is 2.80. The summed E-state index contributed by atoms with van der Waals surface area (Å²) in [7, 11) is 0. The molecule has 0 fully saturated rings. The first kappa shape index (κ1) is 11.4. The van der Waals surface area contributed by atoms with Crippen LogP contribution in [0.3, 0.4) is 0 Å². The average Bonchev–Trinajstić information content (AvgIpc) is 2.30. The number of rotatable bonds is 4. The monoisotopic (exact) mass is 214 g/mol. The highest BCUT2D eigenvalue weighted by Crippen LogP contribution is 2.05. The van der Waals surface area contributed by atoms with E-state index >= 15 is 0 Å². The summed E-state index contributed by atoms with van der Waals surface area (Å²) in [6, 6.07) is 5.75. The third-order valence-corrected chi connectivity index (χ3v) is 1.78. The molecule has 0 heterocycles. The van der Waals surface area contributed by atoms with Crippen LogP contribution in [0.5, 0.6) is 0 Å². The summed E-state index contributed by atoms with van der Waals surface area (Å²) >= 11 is 0. The van der Waals surface area contributed by atoms with Gasteiger partial charge in [0.15, 0.2) is 0 Å². The number of nitrogens with zero attached hydrogens (tertiary/aromatic N) is 4. The molecule has 0 radical (unpaired) electrons. The van der Waals surface area contributed by atoms with E-state index in [4.69, 9.17) is 11.1 Å². The van der Waals surface area contributed by atoms with Gasteiger partial charge in [0.2, 0.25) is 0 Å². The molecule has 0 unspecified atom stereocenters. The zero-order chi connectivity index (χ0) is 12.0. The van der Waals surface area contributed by atoms with Crippen molar-refractivity contribution in [2.75, 3.05) is 0 Å². The number of benzene rings is 1. The molecule has 0 saturated heterocycles. The highest BCUT2D eigenvalue weighted by molar-refractivity contribution is 6.36. The number of carbonyl (C=O) groups excluding carboxylic acids is 2. The van der Waals surface area contributed by atoms with Crippen LogP contribution in [0.1, 0.15) is 20.7 Å². The standard InChI is InChI=1S/C10H6N4O2/c11-13-5-9(15)7-2-1-3-8(4-7)10(16)6-14-12/h1-6H. The molecule has 0 N–H and O–H groups in total. The van der Waals surface area contributed by atoms with E-state index in [0.29, 0.717) is 0 Å². The molecule has 1 aromatic carbocycles. The minimum Gasteiger partial charge on any atom is -0.361 e. The molecule has 0 bridgehead atoms. The van der Waals surface area contributed by atoms with Crippen LogP contribution in [0.15, 0.2) is 24.3 Å². The number of carbonyl (C=O) groups is 2. The van der Waals surface area contributed by atoms with Crippen molar-refractivity contribution in [1.82, 2.24) is 0 Å². The highest BCUT2D eigenvalue weighted by Gasteiger charge is 2.11. The van der Waals surface area contributed by atoms with Crippen LogP contribution < -0.4 is 0 Å². The third-order valence-electron chi connectivity index (χ3n) is 1.78. The van der Waals surface area contributed by atoms with Gasteiger partial charge in [0.25, 0.3) is 11.6 Å². The van der Waals surface area contributed by atoms with Gasteiger partial charge in [-0.15, -0.1) is 0 Å². The van der Waals surface area contributed by atoms with Crippen LogP contribution in [-0.4, -0.2) is 33.6 Å². The van der Waals surface area contributed by atoms with E-state index in [2.05, 4.69) is 9.58 Å². The zero-order valence-electron chi connectivity index (χ0n) is 8.07. The van der Waals surface area contributed by atoms with E-state index in [1.807, 2.05) is 0 Å². The van der Waals surface area contributed by atoms with Crippen molar-refractivity contribution in [3.05, 3.63) is 46.5 Å². The van der Waals surface area contributed by atoms with Gasteiger partial charge in [0.1, 0.15) is 0 Å². The Labute approximate surface area is 90.4 Å². The molecule has 16 heavy (non-hydrogen) atoms. The predicted octanol–water partition coefficient (Wildman–Crippen LogP) is 0.653. The lowest BCUT2D eigenvalue weighted by atomic mass is 10.1. The summed E-state index contributed by atoms with van der Waals surface area (Å²) in [6.45, 7) is 0. The molecule has 1 rings (SSSR count). The van der Waals surface area contributed by atoms with Crippen LogP contribution in [0.2, 0.25) is 0 Å². The maximum absolute atomic E-state index is 11.3. The van der Waals surface area contributed by atoms with Crippen molar-refractivity contribution in [2.24, 2.45) is 0 Å². The Hall–Kier alpha value is -2.68. The van der Waals surface area contributed by atoms with Crippen molar-refractivity contribution in [2.45, 2.75) is 0 Å². The van der Waals surface area contributed by atoms with E-state index < -0.39 is 11.6 Å². The molecule has 0 saturated carbocycles. The summed E-state index contributed by atoms with van der Waals surface area (Å²) in [5, 5.41) is 0. The Balaban J connectivity index is 3.13. The quantitative estimate of drug-likeness (QED) is 0.317. The second kappa shape index (κ2) is 5.26. The average molecular weight is 214 g/mol. The van der Waals surface area contributed by atoms with Crippen molar-refractivity contribution >= 4 is 24.0 Å². The molecule has 78 valence electrons. The summed E-state index contributed by atoms with van der Waals surface area (Å²) in [4.78, 5) is 27.7. The van der Waals surface area contributed by atoms with Gasteiger partial charge >= 0.3 is 12.4 Å². The Kier molecular flexibility index (Phi) is 3.75. The molecule has 0 spiro atoms. The molecule has 0 atom stereocenters. The lowest BCUT2D eigenvalue weighted by molar-refractivity contribution is 0.00222. The summed E-state index contributed by atoms with van der Waals surface area (Å²) in [5.74, 6) is -1.06. The Morgan fingerprint density at radius 2 is 1.44 bits per heavy atom. The lowest BCUT2D eigenvalue weighted by Gasteiger charge is -1.95.